The number of rotatable bonds is 16. The Kier molecular flexibility index (Phi) is 16.7. The lowest BCUT2D eigenvalue weighted by Crippen LogP contribution is -2.41. The molecule has 0 aromatic heterocycles. The normalized spacial score (nSPS) is 16.6. The number of piperidine rings is 2. The van der Waals surface area contributed by atoms with Crippen LogP contribution in [0.2, 0.25) is 0 Å². The van der Waals surface area contributed by atoms with E-state index >= 15 is 0 Å². The Morgan fingerprint density at radius 2 is 0.927 bits per heavy atom. The van der Waals surface area contributed by atoms with Gasteiger partial charge in [0.2, 0.25) is 0 Å². The molecule has 15 heteroatoms. The Hall–Kier alpha value is -2.46. The molecule has 2 amide bonds. The van der Waals surface area contributed by atoms with Crippen LogP contribution in [0.5, 0.6) is 0 Å². The molecule has 2 aromatic carbocycles. The molecule has 0 aliphatic carbocycles. The molecule has 2 fully saturated rings. The minimum Gasteiger partial charge on any atom is -0.444 e. The maximum absolute atomic E-state index is 13.0. The van der Waals surface area contributed by atoms with Gasteiger partial charge in [-0.25, -0.2) is 30.1 Å². The van der Waals surface area contributed by atoms with Crippen molar-refractivity contribution in [3.05, 3.63) is 59.7 Å². The third-order valence-electron chi connectivity index (χ3n) is 9.73. The molecular formula is C40H60N2O9S4. The highest BCUT2D eigenvalue weighted by Gasteiger charge is 2.29. The van der Waals surface area contributed by atoms with Crippen molar-refractivity contribution in [2.75, 3.05) is 49.2 Å². The molecule has 0 saturated carbocycles. The fourth-order valence-electron chi connectivity index (χ4n) is 6.49. The summed E-state index contributed by atoms with van der Waals surface area (Å²) in [5.74, 6) is 2.14. The van der Waals surface area contributed by atoms with E-state index in [0.29, 0.717) is 48.8 Å². The molecule has 2 saturated heterocycles. The van der Waals surface area contributed by atoms with Gasteiger partial charge in [-0.15, -0.1) is 0 Å². The second-order valence-corrected chi connectivity index (χ2v) is 22.6. The lowest BCUT2D eigenvalue weighted by molar-refractivity contribution is 0.0172. The molecule has 55 heavy (non-hydrogen) atoms. The van der Waals surface area contributed by atoms with E-state index in [1.165, 1.54) is 24.1 Å². The fourth-order valence-corrected chi connectivity index (χ4v) is 10.8. The summed E-state index contributed by atoms with van der Waals surface area (Å²) in [5, 5.41) is 0. The van der Waals surface area contributed by atoms with Crippen LogP contribution < -0.4 is 0 Å². The van der Waals surface area contributed by atoms with Gasteiger partial charge in [0.1, 0.15) is 11.2 Å². The van der Waals surface area contributed by atoms with Gasteiger partial charge in [-0.1, -0.05) is 24.3 Å². The molecule has 4 rings (SSSR count). The molecule has 0 atom stereocenters. The quantitative estimate of drug-likeness (QED) is 0.119. The lowest BCUT2D eigenvalue weighted by atomic mass is 9.95. The summed E-state index contributed by atoms with van der Waals surface area (Å²) in [5.41, 5.74) is 1.00. The monoisotopic (exact) mass is 840 g/mol. The van der Waals surface area contributed by atoms with Crippen molar-refractivity contribution in [3.63, 3.8) is 0 Å². The number of hydrogen-bond donors (Lipinski definition) is 0. The van der Waals surface area contributed by atoms with Gasteiger partial charge in [-0.05, 0) is 140 Å². The zero-order chi connectivity index (χ0) is 40.3. The first-order valence-corrected chi connectivity index (χ1v) is 24.4. The van der Waals surface area contributed by atoms with Crippen molar-refractivity contribution >= 4 is 55.9 Å². The number of aryl methyl sites for hydroxylation is 2. The Morgan fingerprint density at radius 3 is 1.24 bits per heavy atom. The van der Waals surface area contributed by atoms with E-state index in [1.807, 2.05) is 65.8 Å². The highest BCUT2D eigenvalue weighted by atomic mass is 32.2. The average molecular weight is 841 g/mol. The smallest absolute Gasteiger partial charge is 0.410 e. The summed E-state index contributed by atoms with van der Waals surface area (Å²) in [6.45, 7) is 13.4. The number of nitrogens with zero attached hydrogens (tertiary/aromatic N) is 2. The average Bonchev–Trinajstić information content (AvgIpc) is 3.12. The first-order valence-electron chi connectivity index (χ1n) is 19.3. The van der Waals surface area contributed by atoms with E-state index in [-0.39, 0.29) is 35.5 Å². The van der Waals surface area contributed by atoms with Crippen molar-refractivity contribution in [1.29, 1.82) is 0 Å². The van der Waals surface area contributed by atoms with Crippen molar-refractivity contribution in [3.8, 4) is 0 Å². The fraction of sp³-hybridized carbons (Fsp3) is 0.650. The molecule has 308 valence electrons. The molecule has 2 aromatic rings. The van der Waals surface area contributed by atoms with Crippen LogP contribution in [0.3, 0.4) is 0 Å². The van der Waals surface area contributed by atoms with Gasteiger partial charge in [0, 0.05) is 61.8 Å². The van der Waals surface area contributed by atoms with Crippen LogP contribution in [0.15, 0.2) is 58.3 Å². The Bertz CT molecular complexity index is 1610. The van der Waals surface area contributed by atoms with Crippen molar-refractivity contribution in [1.82, 2.24) is 9.80 Å². The largest absolute Gasteiger partial charge is 0.444 e. The van der Waals surface area contributed by atoms with Crippen LogP contribution in [0.25, 0.3) is 0 Å². The molecular weight excluding hydrogens is 781 g/mol. The number of ether oxygens (including phenoxy) is 2. The molecule has 0 N–H and O–H groups in total. The second kappa shape index (κ2) is 20.3. The molecule has 0 unspecified atom stereocenters. The molecule has 0 spiro atoms. The van der Waals surface area contributed by atoms with Crippen LogP contribution >= 0.6 is 24.1 Å². The van der Waals surface area contributed by atoms with Crippen molar-refractivity contribution in [2.24, 2.45) is 11.8 Å². The third kappa shape index (κ3) is 15.8. The minimum absolute atomic E-state index is 0.0914. The van der Waals surface area contributed by atoms with E-state index in [9.17, 15) is 26.4 Å². The molecule has 2 aliphatic rings. The predicted octanol–water partition coefficient (Wildman–Crippen LogP) is 8.41. The maximum Gasteiger partial charge on any atom is 0.410 e. The summed E-state index contributed by atoms with van der Waals surface area (Å²) in [4.78, 5) is 28.7. The van der Waals surface area contributed by atoms with Crippen LogP contribution in [-0.4, -0.2) is 99.2 Å². The first kappa shape index (κ1) is 45.2. The Balaban J connectivity index is 1.06. The molecule has 2 heterocycles. The number of carbonyl (C=O) groups excluding carboxylic acids is 2. The van der Waals surface area contributed by atoms with E-state index < -0.39 is 30.9 Å². The highest BCUT2D eigenvalue weighted by molar-refractivity contribution is 8.07. The topological polar surface area (TPSA) is 137 Å². The number of sulfone groups is 2. The van der Waals surface area contributed by atoms with Gasteiger partial charge in [0.25, 0.3) is 0 Å². The Labute approximate surface area is 338 Å². The molecule has 0 radical (unpaired) electrons. The number of hydrogen-bond acceptors (Lipinski definition) is 11. The lowest BCUT2D eigenvalue weighted by Gasteiger charge is -2.33. The molecule has 11 nitrogen and oxygen atoms in total. The van der Waals surface area contributed by atoms with Gasteiger partial charge in [-0.2, -0.15) is 0 Å². The van der Waals surface area contributed by atoms with Crippen molar-refractivity contribution < 1.29 is 39.5 Å². The summed E-state index contributed by atoms with van der Waals surface area (Å²) in [7, 11) is -6.79. The summed E-state index contributed by atoms with van der Waals surface area (Å²) in [6.07, 6.45) is 5.10. The van der Waals surface area contributed by atoms with E-state index in [1.54, 1.807) is 34.1 Å². The van der Waals surface area contributed by atoms with Gasteiger partial charge in [0.15, 0.2) is 19.7 Å². The number of likely N-dealkylation sites (tertiary alicyclic amines) is 2. The van der Waals surface area contributed by atoms with E-state index in [2.05, 4.69) is 0 Å². The van der Waals surface area contributed by atoms with Gasteiger partial charge in [-0.3, -0.25) is 0 Å². The summed E-state index contributed by atoms with van der Waals surface area (Å²) >= 11 is 2.71. The zero-order valence-electron chi connectivity index (χ0n) is 33.3. The van der Waals surface area contributed by atoms with Gasteiger partial charge in [0.05, 0.1) is 21.3 Å². The zero-order valence-corrected chi connectivity index (χ0v) is 36.6. The second-order valence-electron chi connectivity index (χ2n) is 16.5. The summed E-state index contributed by atoms with van der Waals surface area (Å²) in [6, 6.07) is 14.2. The highest BCUT2D eigenvalue weighted by Crippen LogP contribution is 2.27. The molecule has 0 bridgehead atoms. The first-order chi connectivity index (χ1) is 25.8. The van der Waals surface area contributed by atoms with Crippen molar-refractivity contribution in [2.45, 2.75) is 114 Å². The SMILES string of the molecule is CC(C)(C)OC(=O)N1CCC(CCS(=O)(=O)c2ccc(CCSOSCCc3ccc(S(=O)(=O)CCC4CCN(C(=O)OC(C)(C)C)CC4)cc3)cc2)CC1. The van der Waals surface area contributed by atoms with E-state index in [4.69, 9.17) is 13.1 Å². The van der Waals surface area contributed by atoms with Gasteiger partial charge >= 0.3 is 12.2 Å². The number of benzene rings is 2. The number of amides is 2. The summed E-state index contributed by atoms with van der Waals surface area (Å²) < 4.78 is 68.7. The third-order valence-corrected chi connectivity index (χ3v) is 14.8. The van der Waals surface area contributed by atoms with Crippen LogP contribution in [0.4, 0.5) is 9.59 Å². The van der Waals surface area contributed by atoms with Crippen LogP contribution in [0, 0.1) is 11.8 Å². The van der Waals surface area contributed by atoms with E-state index in [0.717, 1.165) is 61.2 Å². The number of carbonyl (C=O) groups is 2. The molecule has 2 aliphatic heterocycles. The van der Waals surface area contributed by atoms with Crippen LogP contribution in [0.1, 0.15) is 91.2 Å². The van der Waals surface area contributed by atoms with Gasteiger partial charge < -0.3 is 19.3 Å². The standard InChI is InChI=1S/C40H60N2O9S4/c1-39(2,3)49-37(43)41-23-15-33(16-24-41)21-29-54(45,46)35-11-7-31(8-12-35)19-27-52-51-53-28-20-32-9-13-36(14-10-32)55(47,48)30-22-34-17-25-42(26-18-34)38(44)50-40(4,5)6/h7-14,33-34H,15-30H2,1-6H3. The maximum atomic E-state index is 13.0. The minimum atomic E-state index is -3.40. The predicted molar refractivity (Wildman–Crippen MR) is 221 cm³/mol. The van der Waals surface area contributed by atoms with Crippen LogP contribution in [-0.2, 0) is 45.6 Å². The Morgan fingerprint density at radius 1 is 0.600 bits per heavy atom.